The largest absolute Gasteiger partial charge is 0.493 e. The number of aromatic nitrogens is 1. The van der Waals surface area contributed by atoms with Crippen LogP contribution in [0.5, 0.6) is 11.5 Å². The average Bonchev–Trinajstić information content (AvgIpc) is 3.35. The van der Waals surface area contributed by atoms with Crippen molar-refractivity contribution in [1.29, 1.82) is 0 Å². The van der Waals surface area contributed by atoms with Gasteiger partial charge in [-0.05, 0) is 33.1 Å². The highest BCUT2D eigenvalue weighted by Crippen LogP contribution is 2.40. The quantitative estimate of drug-likeness (QED) is 0.314. The number of halogens is 1. The molecule has 1 amide bonds. The molecule has 0 saturated heterocycles. The molecule has 2 aromatic carbocycles. The molecule has 0 aliphatic heterocycles. The van der Waals surface area contributed by atoms with Gasteiger partial charge < -0.3 is 14.4 Å². The summed E-state index contributed by atoms with van der Waals surface area (Å²) in [5, 5.41) is 2.03. The second-order valence-corrected chi connectivity index (χ2v) is 9.97. The molecule has 9 heteroatoms. The minimum Gasteiger partial charge on any atom is -0.493 e. The van der Waals surface area contributed by atoms with Gasteiger partial charge in [-0.1, -0.05) is 41.1 Å². The molecule has 0 aliphatic carbocycles. The third kappa shape index (κ3) is 4.41. The van der Waals surface area contributed by atoms with Crippen LogP contribution in [0.3, 0.4) is 0 Å². The number of rotatable bonds is 8. The smallest absolute Gasteiger partial charge is 0.271 e. The van der Waals surface area contributed by atoms with Gasteiger partial charge in [0.2, 0.25) is 0 Å². The van der Waals surface area contributed by atoms with E-state index in [1.807, 2.05) is 50.5 Å². The number of methoxy groups -OCH3 is 2. The van der Waals surface area contributed by atoms with Crippen molar-refractivity contribution in [3.05, 3.63) is 46.3 Å². The Hall–Kier alpha value is -2.39. The first-order valence-corrected chi connectivity index (χ1v) is 12.1. The molecule has 4 aromatic rings. The van der Waals surface area contributed by atoms with Crippen LogP contribution in [0, 0.1) is 0 Å². The van der Waals surface area contributed by atoms with E-state index in [2.05, 4.69) is 4.90 Å². The summed E-state index contributed by atoms with van der Waals surface area (Å²) >= 11 is 9.50. The van der Waals surface area contributed by atoms with E-state index >= 15 is 0 Å². The minimum absolute atomic E-state index is 0.132. The van der Waals surface area contributed by atoms with Crippen LogP contribution < -0.4 is 14.4 Å². The van der Waals surface area contributed by atoms with Crippen molar-refractivity contribution in [2.24, 2.45) is 0 Å². The van der Waals surface area contributed by atoms with Crippen LogP contribution in [0.15, 0.2) is 36.4 Å². The zero-order valence-corrected chi connectivity index (χ0v) is 20.7. The van der Waals surface area contributed by atoms with Crippen LogP contribution in [-0.4, -0.2) is 57.2 Å². The molecule has 0 atom stereocenters. The molecule has 0 unspecified atom stereocenters. The molecule has 0 fully saturated rings. The molecule has 4 rings (SSSR count). The van der Waals surface area contributed by atoms with E-state index in [1.54, 1.807) is 19.1 Å². The molecular weight excluding hydrogens is 466 g/mol. The highest BCUT2D eigenvalue weighted by molar-refractivity contribution is 7.23. The number of benzene rings is 2. The van der Waals surface area contributed by atoms with E-state index in [0.29, 0.717) is 33.1 Å². The van der Waals surface area contributed by atoms with Gasteiger partial charge in [-0.2, -0.15) is 0 Å². The second-order valence-electron chi connectivity index (χ2n) is 7.53. The van der Waals surface area contributed by atoms with Gasteiger partial charge in [0.25, 0.3) is 5.91 Å². The van der Waals surface area contributed by atoms with Crippen LogP contribution in [0.25, 0.3) is 20.3 Å². The number of thiazole rings is 1. The molecule has 32 heavy (non-hydrogen) atoms. The maximum absolute atomic E-state index is 13.7. The average molecular weight is 490 g/mol. The standard InChI is InChI=1S/C23H24ClN3O3S2/c1-26(2)10-7-11-27(22(28)21-20(24)14-8-5-6-9-18(14)31-21)23-25-15-12-16(29-3)17(30-4)13-19(15)32-23/h5-6,8-9,12-13H,7,10-11H2,1-4H3. The van der Waals surface area contributed by atoms with Crippen molar-refractivity contribution >= 4 is 65.6 Å². The molecule has 2 aromatic heterocycles. The number of ether oxygens (including phenoxy) is 2. The number of hydrogen-bond acceptors (Lipinski definition) is 7. The van der Waals surface area contributed by atoms with E-state index in [9.17, 15) is 4.79 Å². The van der Waals surface area contributed by atoms with Crippen LogP contribution in [0.2, 0.25) is 5.02 Å². The SMILES string of the molecule is COc1cc2nc(N(CCCN(C)C)C(=O)c3sc4ccccc4c3Cl)sc2cc1OC. The lowest BCUT2D eigenvalue weighted by Crippen LogP contribution is -2.33. The third-order valence-electron chi connectivity index (χ3n) is 5.07. The summed E-state index contributed by atoms with van der Waals surface area (Å²) in [6, 6.07) is 11.5. The van der Waals surface area contributed by atoms with Crippen molar-refractivity contribution in [3.8, 4) is 11.5 Å². The molecule has 0 aliphatic rings. The Balaban J connectivity index is 1.76. The number of nitrogens with zero attached hydrogens (tertiary/aromatic N) is 3. The van der Waals surface area contributed by atoms with Gasteiger partial charge in [0.05, 0.1) is 29.5 Å². The normalized spacial score (nSPS) is 11.4. The fourth-order valence-electron chi connectivity index (χ4n) is 3.46. The zero-order valence-electron chi connectivity index (χ0n) is 18.3. The van der Waals surface area contributed by atoms with Crippen LogP contribution >= 0.6 is 34.3 Å². The maximum Gasteiger partial charge on any atom is 0.271 e. The van der Waals surface area contributed by atoms with Crippen LogP contribution in [0.1, 0.15) is 16.1 Å². The highest BCUT2D eigenvalue weighted by Gasteiger charge is 2.26. The summed E-state index contributed by atoms with van der Waals surface area (Å²) in [6.07, 6.45) is 0.809. The summed E-state index contributed by atoms with van der Waals surface area (Å²) in [4.78, 5) is 22.8. The molecule has 2 heterocycles. The number of carbonyl (C=O) groups is 1. The van der Waals surface area contributed by atoms with Gasteiger partial charge in [-0.3, -0.25) is 9.69 Å². The first-order chi connectivity index (χ1) is 15.4. The molecule has 6 nitrogen and oxygen atoms in total. The van der Waals surface area contributed by atoms with Crippen molar-refractivity contribution in [2.45, 2.75) is 6.42 Å². The Labute approximate surface area is 199 Å². The summed E-state index contributed by atoms with van der Waals surface area (Å²) < 4.78 is 12.7. The number of amides is 1. The van der Waals surface area contributed by atoms with E-state index in [-0.39, 0.29) is 5.91 Å². The van der Waals surface area contributed by atoms with E-state index < -0.39 is 0 Å². The fraction of sp³-hybridized carbons (Fsp3) is 0.304. The third-order valence-corrected chi connectivity index (χ3v) is 7.78. The predicted molar refractivity (Wildman–Crippen MR) is 134 cm³/mol. The summed E-state index contributed by atoms with van der Waals surface area (Å²) in [5.74, 6) is 1.11. The fourth-order valence-corrected chi connectivity index (χ4v) is 5.92. The molecule has 0 spiro atoms. The summed E-state index contributed by atoms with van der Waals surface area (Å²) in [5.41, 5.74) is 0.760. The first-order valence-electron chi connectivity index (χ1n) is 10.1. The Bertz CT molecular complexity index is 1230. The lowest BCUT2D eigenvalue weighted by atomic mass is 10.2. The molecule has 0 N–H and O–H groups in total. The van der Waals surface area contributed by atoms with E-state index in [0.717, 1.165) is 33.3 Å². The molecule has 168 valence electrons. The number of carbonyl (C=O) groups excluding carboxylic acids is 1. The minimum atomic E-state index is -0.132. The van der Waals surface area contributed by atoms with Crippen molar-refractivity contribution < 1.29 is 14.3 Å². The van der Waals surface area contributed by atoms with E-state index in [1.165, 1.54) is 22.7 Å². The van der Waals surface area contributed by atoms with E-state index in [4.69, 9.17) is 26.1 Å². The van der Waals surface area contributed by atoms with Gasteiger partial charge in [-0.25, -0.2) is 4.98 Å². The van der Waals surface area contributed by atoms with Crippen molar-refractivity contribution in [3.63, 3.8) is 0 Å². The predicted octanol–water partition coefficient (Wildman–Crippen LogP) is 5.78. The van der Waals surface area contributed by atoms with Crippen molar-refractivity contribution in [1.82, 2.24) is 9.88 Å². The monoisotopic (exact) mass is 489 g/mol. The molecular formula is C23H24ClN3O3S2. The van der Waals surface area contributed by atoms with Gasteiger partial charge >= 0.3 is 0 Å². The van der Waals surface area contributed by atoms with Crippen LogP contribution in [0.4, 0.5) is 5.13 Å². The zero-order chi connectivity index (χ0) is 22.8. The van der Waals surface area contributed by atoms with Gasteiger partial charge in [0.1, 0.15) is 4.88 Å². The second kappa shape index (κ2) is 9.62. The maximum atomic E-state index is 13.7. The topological polar surface area (TPSA) is 54.9 Å². The molecule has 0 radical (unpaired) electrons. The number of fused-ring (bicyclic) bond motifs is 2. The lowest BCUT2D eigenvalue weighted by Gasteiger charge is -2.20. The first kappa shape index (κ1) is 22.8. The Morgan fingerprint density at radius 1 is 1.03 bits per heavy atom. The Morgan fingerprint density at radius 2 is 1.75 bits per heavy atom. The summed E-state index contributed by atoms with van der Waals surface area (Å²) in [7, 11) is 7.24. The summed E-state index contributed by atoms with van der Waals surface area (Å²) in [6.45, 7) is 1.39. The van der Waals surface area contributed by atoms with Gasteiger partial charge in [-0.15, -0.1) is 11.3 Å². The van der Waals surface area contributed by atoms with Gasteiger partial charge in [0, 0.05) is 28.8 Å². The number of anilines is 1. The highest BCUT2D eigenvalue weighted by atomic mass is 35.5. The molecule has 0 bridgehead atoms. The Morgan fingerprint density at radius 3 is 2.44 bits per heavy atom. The number of thiophene rings is 1. The number of hydrogen-bond donors (Lipinski definition) is 0. The molecule has 0 saturated carbocycles. The van der Waals surface area contributed by atoms with Gasteiger partial charge in [0.15, 0.2) is 16.6 Å². The van der Waals surface area contributed by atoms with Crippen LogP contribution in [-0.2, 0) is 0 Å². The lowest BCUT2D eigenvalue weighted by molar-refractivity contribution is 0.0990. The van der Waals surface area contributed by atoms with Crippen molar-refractivity contribution in [2.75, 3.05) is 46.3 Å². The Kier molecular flexibility index (Phi) is 6.85.